The molecule has 1 unspecified atom stereocenters. The molecule has 11 nitrogen and oxygen atoms in total. The molecule has 0 aliphatic carbocycles. The number of rotatable bonds is 38. The zero-order valence-electron chi connectivity index (χ0n) is 36.6. The number of carbonyl (C=O) groups is 1. The molecule has 0 rings (SSSR count). The van der Waals surface area contributed by atoms with Crippen LogP contribution in [0.1, 0.15) is 129 Å². The molecule has 334 valence electrons. The molecule has 0 heterocycles. The maximum Gasteiger partial charge on any atom is 0.472 e. The van der Waals surface area contributed by atoms with E-state index in [-0.39, 0.29) is 32.5 Å². The first-order chi connectivity index (χ1) is 27.8. The molecular weight excluding hydrogens is 757 g/mol. The van der Waals surface area contributed by atoms with Gasteiger partial charge in [-0.3, -0.25) is 13.8 Å². The molecule has 0 bridgehead atoms. The predicted octanol–water partition coefficient (Wildman–Crippen LogP) is 9.75. The van der Waals surface area contributed by atoms with Crippen molar-refractivity contribution < 1.29 is 52.6 Å². The molecular formula is C46H81NO10P+. The Morgan fingerprint density at radius 1 is 0.690 bits per heavy atom. The highest BCUT2D eigenvalue weighted by molar-refractivity contribution is 7.47. The van der Waals surface area contributed by atoms with Gasteiger partial charge in [-0.25, -0.2) is 4.57 Å². The first-order valence-corrected chi connectivity index (χ1v) is 23.2. The van der Waals surface area contributed by atoms with Crippen LogP contribution in [-0.4, -0.2) is 103 Å². The highest BCUT2D eigenvalue weighted by atomic mass is 31.2. The number of hydrogen-bond donors (Lipinski definition) is 4. The van der Waals surface area contributed by atoms with Crippen LogP contribution in [0, 0.1) is 0 Å². The van der Waals surface area contributed by atoms with Gasteiger partial charge in [-0.05, 0) is 70.3 Å². The molecule has 4 N–H and O–H groups in total. The fraction of sp³-hybridized carbons (Fsp3) is 0.674. The van der Waals surface area contributed by atoms with Crippen LogP contribution in [0.25, 0.3) is 0 Å². The van der Waals surface area contributed by atoms with Crippen LogP contribution >= 0.6 is 7.82 Å². The van der Waals surface area contributed by atoms with Gasteiger partial charge in [0.25, 0.3) is 0 Å². The summed E-state index contributed by atoms with van der Waals surface area (Å²) in [7, 11) is 1.40. The van der Waals surface area contributed by atoms with Gasteiger partial charge in [0, 0.05) is 6.42 Å². The summed E-state index contributed by atoms with van der Waals surface area (Å²) in [5, 5.41) is 30.5. The molecule has 12 heteroatoms. The number of ether oxygens (including phenoxy) is 2. The normalized spacial score (nSPS) is 16.2. The average Bonchev–Trinajstić information content (AvgIpc) is 3.16. The van der Waals surface area contributed by atoms with Crippen molar-refractivity contribution in [2.24, 2.45) is 0 Å². The van der Waals surface area contributed by atoms with E-state index in [1.165, 1.54) is 70.3 Å². The predicted molar refractivity (Wildman–Crippen MR) is 237 cm³/mol. The Bertz CT molecular complexity index is 1250. The molecule has 0 aromatic carbocycles. The number of phosphoric acid groups is 1. The van der Waals surface area contributed by atoms with E-state index < -0.39 is 44.8 Å². The van der Waals surface area contributed by atoms with E-state index in [2.05, 4.69) is 19.1 Å². The fourth-order valence-electron chi connectivity index (χ4n) is 5.32. The van der Waals surface area contributed by atoms with Crippen molar-refractivity contribution in [3.63, 3.8) is 0 Å². The zero-order valence-corrected chi connectivity index (χ0v) is 37.5. The summed E-state index contributed by atoms with van der Waals surface area (Å²) in [6.07, 6.45) is 39.4. The Morgan fingerprint density at radius 2 is 1.28 bits per heavy atom. The standard InChI is InChI=1S/C46H80NO10P/c1-6-8-10-11-12-13-14-15-16-17-18-19-20-23-26-30-38-54-40-43(41-56-58(52,53)55-39-37-47(3,4)5)57-46(51)36-31-35-45(50)44(49)34-29-25-22-21-24-28-33-42(48)32-27-9-7-2/h9,13-14,21-22,24-25,27-30,33-34,38,42-45,48-50H,6-8,10-12,15-20,23,26,31-32,35-37,39-41H2,1-5H3/p+1/b14-13-,24-21+,25-22-,27-9-,33-28+,34-29-,38-30+/t42-,43+,44+,45+/m0/s1. The smallest absolute Gasteiger partial charge is 0.472 e. The lowest BCUT2D eigenvalue weighted by molar-refractivity contribution is -0.870. The van der Waals surface area contributed by atoms with Gasteiger partial charge in [0.05, 0.1) is 52.3 Å². The number of esters is 1. The van der Waals surface area contributed by atoms with Gasteiger partial charge < -0.3 is 34.2 Å². The topological polar surface area (TPSA) is 152 Å². The van der Waals surface area contributed by atoms with E-state index in [0.717, 1.165) is 25.7 Å². The summed E-state index contributed by atoms with van der Waals surface area (Å²) < 4.78 is 34.4. The van der Waals surface area contributed by atoms with Crippen LogP contribution in [0.2, 0.25) is 0 Å². The average molecular weight is 839 g/mol. The molecule has 0 fully saturated rings. The molecule has 0 amide bonds. The highest BCUT2D eigenvalue weighted by Gasteiger charge is 2.26. The van der Waals surface area contributed by atoms with Gasteiger partial charge in [0.15, 0.2) is 6.10 Å². The van der Waals surface area contributed by atoms with Crippen LogP contribution in [0.4, 0.5) is 0 Å². The van der Waals surface area contributed by atoms with E-state index in [4.69, 9.17) is 18.5 Å². The number of allylic oxidation sites excluding steroid dienone is 10. The Morgan fingerprint density at radius 3 is 1.90 bits per heavy atom. The third-order valence-electron chi connectivity index (χ3n) is 8.85. The lowest BCUT2D eigenvalue weighted by atomic mass is 10.1. The zero-order chi connectivity index (χ0) is 43.2. The molecule has 0 aromatic rings. The number of aliphatic hydroxyl groups is 3. The third kappa shape index (κ3) is 38.9. The number of quaternary nitrogens is 1. The number of hydrogen-bond acceptors (Lipinski definition) is 9. The van der Waals surface area contributed by atoms with Crippen LogP contribution in [0.15, 0.2) is 85.3 Å². The summed E-state index contributed by atoms with van der Waals surface area (Å²) >= 11 is 0. The van der Waals surface area contributed by atoms with Crippen molar-refractivity contribution in [3.05, 3.63) is 85.3 Å². The first-order valence-electron chi connectivity index (χ1n) is 21.7. The van der Waals surface area contributed by atoms with E-state index in [9.17, 15) is 29.6 Å². The van der Waals surface area contributed by atoms with Crippen molar-refractivity contribution in [1.29, 1.82) is 0 Å². The summed E-state index contributed by atoms with van der Waals surface area (Å²) in [6, 6.07) is 0. The SMILES string of the molecule is CC/C=C\C[C@H](O)/C=C/C=C/C=C\C=C/[C@@H](O)[C@H](O)CCCC(=O)O[C@H](CO/C=C/CCCCCCCC/C=C\CCCCCC)COP(=O)(O)OCC[N+](C)(C)C. The van der Waals surface area contributed by atoms with Crippen LogP contribution in [0.5, 0.6) is 0 Å². The third-order valence-corrected chi connectivity index (χ3v) is 9.83. The van der Waals surface area contributed by atoms with Gasteiger partial charge in [0.1, 0.15) is 19.8 Å². The summed E-state index contributed by atoms with van der Waals surface area (Å²) in [5.74, 6) is -0.593. The van der Waals surface area contributed by atoms with Gasteiger partial charge in [0.2, 0.25) is 0 Å². The molecule has 0 saturated carbocycles. The lowest BCUT2D eigenvalue weighted by Gasteiger charge is -2.24. The monoisotopic (exact) mass is 839 g/mol. The number of carbonyl (C=O) groups excluding carboxylic acids is 1. The maximum atomic E-state index is 12.7. The minimum absolute atomic E-state index is 0.00919. The first kappa shape index (κ1) is 55.4. The van der Waals surface area contributed by atoms with E-state index in [1.54, 1.807) is 48.8 Å². The number of likely N-dealkylation sites (N-methyl/N-ethyl adjacent to an activating group) is 1. The maximum absolute atomic E-state index is 12.7. The summed E-state index contributed by atoms with van der Waals surface area (Å²) in [6.45, 7) is 4.29. The highest BCUT2D eigenvalue weighted by Crippen LogP contribution is 2.43. The van der Waals surface area contributed by atoms with Gasteiger partial charge in [-0.15, -0.1) is 0 Å². The van der Waals surface area contributed by atoms with E-state index >= 15 is 0 Å². The second-order valence-corrected chi connectivity index (χ2v) is 17.1. The van der Waals surface area contributed by atoms with Crippen LogP contribution < -0.4 is 0 Å². The van der Waals surface area contributed by atoms with E-state index in [1.807, 2.05) is 46.3 Å². The quantitative estimate of drug-likeness (QED) is 0.00900. The van der Waals surface area contributed by atoms with Crippen molar-refractivity contribution >= 4 is 13.8 Å². The molecule has 0 aromatic heterocycles. The van der Waals surface area contributed by atoms with Crippen molar-refractivity contribution in [2.75, 3.05) is 47.5 Å². The number of aliphatic hydroxyl groups excluding tert-OH is 3. The number of phosphoric ester groups is 1. The number of nitrogens with zero attached hydrogens (tertiary/aromatic N) is 1. The fourth-order valence-corrected chi connectivity index (χ4v) is 6.06. The second kappa shape index (κ2) is 37.4. The van der Waals surface area contributed by atoms with Gasteiger partial charge >= 0.3 is 13.8 Å². The summed E-state index contributed by atoms with van der Waals surface area (Å²) in [5.41, 5.74) is 0. The minimum atomic E-state index is -4.40. The Balaban J connectivity index is 4.68. The Kier molecular flexibility index (Phi) is 35.7. The molecule has 0 spiro atoms. The minimum Gasteiger partial charge on any atom is -0.498 e. The molecule has 0 saturated heterocycles. The molecule has 5 atom stereocenters. The van der Waals surface area contributed by atoms with Gasteiger partial charge in [-0.2, -0.15) is 0 Å². The Hall–Kier alpha value is -2.60. The molecule has 58 heavy (non-hydrogen) atoms. The molecule has 0 radical (unpaired) electrons. The second-order valence-electron chi connectivity index (χ2n) is 15.6. The molecule has 0 aliphatic heterocycles. The van der Waals surface area contributed by atoms with Crippen molar-refractivity contribution in [2.45, 2.75) is 154 Å². The van der Waals surface area contributed by atoms with Gasteiger partial charge in [-0.1, -0.05) is 132 Å². The Labute approximate surface area is 352 Å². The lowest BCUT2D eigenvalue weighted by Crippen LogP contribution is -2.37. The van der Waals surface area contributed by atoms with Crippen LogP contribution in [-0.2, 0) is 27.9 Å². The van der Waals surface area contributed by atoms with Crippen LogP contribution in [0.3, 0.4) is 0 Å². The van der Waals surface area contributed by atoms with E-state index in [0.29, 0.717) is 17.4 Å². The van der Waals surface area contributed by atoms with Crippen molar-refractivity contribution in [3.8, 4) is 0 Å². The number of unbranched alkanes of at least 4 members (excludes halogenated alkanes) is 11. The summed E-state index contributed by atoms with van der Waals surface area (Å²) in [4.78, 5) is 22.9. The van der Waals surface area contributed by atoms with Crippen molar-refractivity contribution in [1.82, 2.24) is 0 Å². The largest absolute Gasteiger partial charge is 0.498 e. The molecule has 0 aliphatic rings.